The summed E-state index contributed by atoms with van der Waals surface area (Å²) in [6, 6.07) is 16.3. The van der Waals surface area contributed by atoms with Gasteiger partial charge in [-0.15, -0.1) is 0 Å². The van der Waals surface area contributed by atoms with E-state index in [0.29, 0.717) is 0 Å². The monoisotopic (exact) mass is 312 g/mol. The molecule has 1 aromatic heterocycles. The molecule has 4 heteroatoms. The van der Waals surface area contributed by atoms with E-state index >= 15 is 0 Å². The van der Waals surface area contributed by atoms with Crippen molar-refractivity contribution in [2.45, 2.75) is 19.1 Å². The van der Waals surface area contributed by atoms with Gasteiger partial charge < -0.3 is 9.72 Å². The first-order valence-electron chi connectivity index (χ1n) is 7.53. The van der Waals surface area contributed by atoms with Crippen LogP contribution in [0.1, 0.15) is 17.8 Å². The Morgan fingerprint density at radius 1 is 1.09 bits per heavy atom. The molecule has 0 atom stereocenters. The van der Waals surface area contributed by atoms with E-state index in [4.69, 9.17) is 4.74 Å². The van der Waals surface area contributed by atoms with E-state index in [1.165, 1.54) is 5.56 Å². The van der Waals surface area contributed by atoms with E-state index in [0.717, 1.165) is 47.1 Å². The molecule has 3 nitrogen and oxygen atoms in total. The second-order valence-corrected chi connectivity index (χ2v) is 6.33. The van der Waals surface area contributed by atoms with Gasteiger partial charge in [-0.25, -0.2) is 4.98 Å². The molecule has 3 aromatic rings. The second-order valence-electron chi connectivity index (χ2n) is 5.22. The molecule has 114 valence electrons. The van der Waals surface area contributed by atoms with Gasteiger partial charge in [0.15, 0.2) is 0 Å². The quantitative estimate of drug-likeness (QED) is 0.649. The third-order valence-electron chi connectivity index (χ3n) is 3.46. The minimum absolute atomic E-state index is 0.762. The highest BCUT2D eigenvalue weighted by molar-refractivity contribution is 7.98. The number of nitrogens with one attached hydrogen (secondary N) is 1. The zero-order valence-electron chi connectivity index (χ0n) is 12.7. The Labute approximate surface area is 135 Å². The molecule has 0 bridgehead atoms. The van der Waals surface area contributed by atoms with Gasteiger partial charge in [-0.2, -0.15) is 11.8 Å². The van der Waals surface area contributed by atoms with Crippen molar-refractivity contribution in [1.29, 1.82) is 0 Å². The van der Waals surface area contributed by atoms with E-state index < -0.39 is 0 Å². The summed E-state index contributed by atoms with van der Waals surface area (Å²) in [4.78, 5) is 7.94. The fourth-order valence-corrected chi connectivity index (χ4v) is 3.10. The number of aromatic nitrogens is 2. The predicted octanol–water partition coefficient (Wildman–Crippen LogP) is 4.57. The maximum absolute atomic E-state index is 5.80. The van der Waals surface area contributed by atoms with E-state index in [1.54, 1.807) is 0 Å². The minimum Gasteiger partial charge on any atom is -0.493 e. The Morgan fingerprint density at radius 2 is 1.91 bits per heavy atom. The van der Waals surface area contributed by atoms with Gasteiger partial charge in [-0.1, -0.05) is 30.3 Å². The Hall–Kier alpha value is -1.94. The molecule has 3 rings (SSSR count). The topological polar surface area (TPSA) is 37.9 Å². The molecule has 1 heterocycles. The first-order valence-corrected chi connectivity index (χ1v) is 8.68. The normalized spacial score (nSPS) is 11.0. The minimum atomic E-state index is 0.762. The molecule has 0 radical (unpaired) electrons. The van der Waals surface area contributed by atoms with Crippen LogP contribution < -0.4 is 4.74 Å². The van der Waals surface area contributed by atoms with Crippen molar-refractivity contribution >= 4 is 22.8 Å². The molecule has 0 spiro atoms. The summed E-state index contributed by atoms with van der Waals surface area (Å²) in [6.07, 6.45) is 1.04. The molecule has 0 unspecified atom stereocenters. The summed E-state index contributed by atoms with van der Waals surface area (Å²) in [5.41, 5.74) is 3.35. The standard InChI is InChI=1S/C18H20N2OS/c1-14-7-2-5-10-17(14)21-11-6-12-22-13-18-19-15-8-3-4-9-16(15)20-18/h2-5,7-10H,6,11-13H2,1H3,(H,19,20). The fourth-order valence-electron chi connectivity index (χ4n) is 2.30. The van der Waals surface area contributed by atoms with Crippen molar-refractivity contribution in [3.63, 3.8) is 0 Å². The van der Waals surface area contributed by atoms with Gasteiger partial charge in [-0.05, 0) is 42.9 Å². The predicted molar refractivity (Wildman–Crippen MR) is 93.5 cm³/mol. The summed E-state index contributed by atoms with van der Waals surface area (Å²) in [5, 5.41) is 0. The second kappa shape index (κ2) is 7.36. The molecule has 22 heavy (non-hydrogen) atoms. The number of para-hydroxylation sites is 3. The van der Waals surface area contributed by atoms with E-state index in [9.17, 15) is 0 Å². The Balaban J connectivity index is 1.38. The number of ether oxygens (including phenoxy) is 1. The lowest BCUT2D eigenvalue weighted by molar-refractivity contribution is 0.316. The first kappa shape index (κ1) is 15.0. The van der Waals surface area contributed by atoms with Crippen molar-refractivity contribution in [2.24, 2.45) is 0 Å². The molecule has 1 N–H and O–H groups in total. The summed E-state index contributed by atoms with van der Waals surface area (Å²) < 4.78 is 5.80. The first-order chi connectivity index (χ1) is 10.8. The number of benzene rings is 2. The molecule has 0 saturated carbocycles. The number of nitrogens with zero attached hydrogens (tertiary/aromatic N) is 1. The zero-order valence-corrected chi connectivity index (χ0v) is 13.5. The Kier molecular flexibility index (Phi) is 5.01. The smallest absolute Gasteiger partial charge is 0.122 e. The van der Waals surface area contributed by atoms with E-state index in [2.05, 4.69) is 29.0 Å². The average molecular weight is 312 g/mol. The molecule has 0 aliphatic carbocycles. The fraction of sp³-hybridized carbons (Fsp3) is 0.278. The number of thioether (sulfide) groups is 1. The Bertz CT molecular complexity index is 706. The molecule has 0 aliphatic rings. The van der Waals surface area contributed by atoms with Crippen LogP contribution >= 0.6 is 11.8 Å². The van der Waals surface area contributed by atoms with Crippen molar-refractivity contribution in [2.75, 3.05) is 12.4 Å². The van der Waals surface area contributed by atoms with Gasteiger partial charge in [-0.3, -0.25) is 0 Å². The van der Waals surface area contributed by atoms with E-state index in [-0.39, 0.29) is 0 Å². The van der Waals surface area contributed by atoms with Gasteiger partial charge >= 0.3 is 0 Å². The van der Waals surface area contributed by atoms with Crippen molar-refractivity contribution in [1.82, 2.24) is 9.97 Å². The number of fused-ring (bicyclic) bond motifs is 1. The lowest BCUT2D eigenvalue weighted by Crippen LogP contribution is -2.00. The van der Waals surface area contributed by atoms with Gasteiger partial charge in [0.05, 0.1) is 23.4 Å². The summed E-state index contributed by atoms with van der Waals surface area (Å²) in [6.45, 7) is 2.84. The van der Waals surface area contributed by atoms with Crippen LogP contribution in [0.25, 0.3) is 11.0 Å². The highest BCUT2D eigenvalue weighted by Crippen LogP contribution is 2.18. The van der Waals surface area contributed by atoms with Crippen LogP contribution in [0, 0.1) is 6.92 Å². The van der Waals surface area contributed by atoms with Crippen LogP contribution in [-0.4, -0.2) is 22.3 Å². The van der Waals surface area contributed by atoms with Gasteiger partial charge in [0, 0.05) is 0 Å². The number of hydrogen-bond donors (Lipinski definition) is 1. The van der Waals surface area contributed by atoms with Crippen LogP contribution in [-0.2, 0) is 5.75 Å². The molecular formula is C18H20N2OS. The van der Waals surface area contributed by atoms with Gasteiger partial charge in [0.25, 0.3) is 0 Å². The van der Waals surface area contributed by atoms with Crippen molar-refractivity contribution in [3.05, 3.63) is 59.9 Å². The number of aryl methyl sites for hydroxylation is 1. The molecule has 2 aromatic carbocycles. The van der Waals surface area contributed by atoms with Crippen molar-refractivity contribution < 1.29 is 4.74 Å². The van der Waals surface area contributed by atoms with Crippen LogP contribution in [0.3, 0.4) is 0 Å². The summed E-state index contributed by atoms with van der Waals surface area (Å²) in [5.74, 6) is 4.03. The third-order valence-corrected chi connectivity index (χ3v) is 4.52. The summed E-state index contributed by atoms with van der Waals surface area (Å²) >= 11 is 1.89. The zero-order chi connectivity index (χ0) is 15.2. The SMILES string of the molecule is Cc1ccccc1OCCCSCc1nc2ccccc2[nH]1. The lowest BCUT2D eigenvalue weighted by atomic mass is 10.2. The molecule has 0 saturated heterocycles. The van der Waals surface area contributed by atoms with Crippen LogP contribution in [0.15, 0.2) is 48.5 Å². The van der Waals surface area contributed by atoms with E-state index in [1.807, 2.05) is 48.2 Å². The van der Waals surface area contributed by atoms with Crippen molar-refractivity contribution in [3.8, 4) is 5.75 Å². The number of imidazole rings is 1. The molecule has 0 amide bonds. The highest BCUT2D eigenvalue weighted by atomic mass is 32.2. The van der Waals surface area contributed by atoms with Crippen LogP contribution in [0.5, 0.6) is 5.75 Å². The maximum atomic E-state index is 5.80. The number of hydrogen-bond acceptors (Lipinski definition) is 3. The molecule has 0 aliphatic heterocycles. The number of aromatic amines is 1. The number of rotatable bonds is 7. The van der Waals surface area contributed by atoms with Crippen LogP contribution in [0.2, 0.25) is 0 Å². The van der Waals surface area contributed by atoms with Crippen LogP contribution in [0.4, 0.5) is 0 Å². The number of H-pyrrole nitrogens is 1. The van der Waals surface area contributed by atoms with Gasteiger partial charge in [0.1, 0.15) is 11.6 Å². The van der Waals surface area contributed by atoms with Gasteiger partial charge in [0.2, 0.25) is 0 Å². The lowest BCUT2D eigenvalue weighted by Gasteiger charge is -2.08. The highest BCUT2D eigenvalue weighted by Gasteiger charge is 2.02. The average Bonchev–Trinajstić information content (AvgIpc) is 2.95. The largest absolute Gasteiger partial charge is 0.493 e. The summed E-state index contributed by atoms with van der Waals surface area (Å²) in [7, 11) is 0. The maximum Gasteiger partial charge on any atom is 0.122 e. The molecular weight excluding hydrogens is 292 g/mol. The Morgan fingerprint density at radius 3 is 2.77 bits per heavy atom. The third kappa shape index (κ3) is 3.83. The molecule has 0 fully saturated rings.